The molecule has 1 heterocycles. The van der Waals surface area contributed by atoms with Crippen molar-refractivity contribution in [3.05, 3.63) is 39.5 Å². The highest BCUT2D eigenvalue weighted by atomic mass is 79.9. The molecule has 1 aromatic heterocycles. The second-order valence-electron chi connectivity index (χ2n) is 3.22. The molecule has 0 spiro atoms. The van der Waals surface area contributed by atoms with Crippen LogP contribution < -0.4 is 5.73 Å². The van der Waals surface area contributed by atoms with Crippen LogP contribution in [0.3, 0.4) is 0 Å². The predicted octanol–water partition coefficient (Wildman–Crippen LogP) is 3.18. The smallest absolute Gasteiger partial charge is 0.146 e. The molecule has 0 fully saturated rings. The van der Waals surface area contributed by atoms with Crippen LogP contribution in [0.5, 0.6) is 0 Å². The first-order valence-corrected chi connectivity index (χ1v) is 5.52. The van der Waals surface area contributed by atoms with Gasteiger partial charge >= 0.3 is 0 Å². The standard InChI is InChI=1S/C10H9BrClN3/c1-6-4-10(13)14-15(6)7-2-3-9(12)8(11)5-7/h2-5H,1H3,(H2,13,14). The van der Waals surface area contributed by atoms with Gasteiger partial charge in [0, 0.05) is 16.2 Å². The number of hydrogen-bond donors (Lipinski definition) is 1. The van der Waals surface area contributed by atoms with Crippen LogP contribution in [0.2, 0.25) is 5.02 Å². The molecule has 0 saturated carbocycles. The lowest BCUT2D eigenvalue weighted by Crippen LogP contribution is -1.99. The molecule has 0 aliphatic heterocycles. The zero-order valence-corrected chi connectivity index (χ0v) is 10.4. The minimum Gasteiger partial charge on any atom is -0.382 e. The Balaban J connectivity index is 2.54. The molecule has 0 unspecified atom stereocenters. The van der Waals surface area contributed by atoms with E-state index in [0.29, 0.717) is 10.8 Å². The largest absolute Gasteiger partial charge is 0.382 e. The Hall–Kier alpha value is -1.000. The fourth-order valence-corrected chi connectivity index (χ4v) is 1.86. The average molecular weight is 287 g/mol. The Labute approximate surface area is 101 Å². The van der Waals surface area contributed by atoms with E-state index in [4.69, 9.17) is 17.3 Å². The van der Waals surface area contributed by atoms with Crippen LogP contribution in [0.25, 0.3) is 5.69 Å². The van der Waals surface area contributed by atoms with Gasteiger partial charge in [-0.15, -0.1) is 0 Å². The number of aryl methyl sites for hydroxylation is 1. The Morgan fingerprint density at radius 2 is 2.13 bits per heavy atom. The molecular weight excluding hydrogens is 277 g/mol. The minimum absolute atomic E-state index is 0.513. The summed E-state index contributed by atoms with van der Waals surface area (Å²) in [5.74, 6) is 0.513. The van der Waals surface area contributed by atoms with E-state index in [2.05, 4.69) is 21.0 Å². The van der Waals surface area contributed by atoms with E-state index in [0.717, 1.165) is 15.9 Å². The Morgan fingerprint density at radius 3 is 2.67 bits per heavy atom. The molecule has 15 heavy (non-hydrogen) atoms. The Morgan fingerprint density at radius 1 is 1.40 bits per heavy atom. The van der Waals surface area contributed by atoms with Crippen LogP contribution in [-0.2, 0) is 0 Å². The van der Waals surface area contributed by atoms with Crippen molar-refractivity contribution in [3.8, 4) is 5.69 Å². The van der Waals surface area contributed by atoms with Crippen molar-refractivity contribution in [1.29, 1.82) is 0 Å². The minimum atomic E-state index is 0.513. The zero-order chi connectivity index (χ0) is 11.0. The van der Waals surface area contributed by atoms with Gasteiger partial charge in [-0.3, -0.25) is 0 Å². The predicted molar refractivity (Wildman–Crippen MR) is 65.4 cm³/mol. The first-order valence-electron chi connectivity index (χ1n) is 4.35. The van der Waals surface area contributed by atoms with Crippen molar-refractivity contribution < 1.29 is 0 Å². The third-order valence-electron chi connectivity index (χ3n) is 2.05. The first-order chi connectivity index (χ1) is 7.08. The maximum atomic E-state index is 5.91. The molecular formula is C10H9BrClN3. The van der Waals surface area contributed by atoms with Crippen molar-refractivity contribution in [1.82, 2.24) is 9.78 Å². The molecule has 0 atom stereocenters. The molecule has 78 valence electrons. The number of hydrogen-bond acceptors (Lipinski definition) is 2. The van der Waals surface area contributed by atoms with Gasteiger partial charge in [0.25, 0.3) is 0 Å². The lowest BCUT2D eigenvalue weighted by molar-refractivity contribution is 0.851. The molecule has 0 amide bonds. The molecule has 1 aromatic carbocycles. The zero-order valence-electron chi connectivity index (χ0n) is 8.04. The Kier molecular flexibility index (Phi) is 2.71. The summed E-state index contributed by atoms with van der Waals surface area (Å²) < 4.78 is 2.62. The lowest BCUT2D eigenvalue weighted by Gasteiger charge is -2.05. The quantitative estimate of drug-likeness (QED) is 0.875. The summed E-state index contributed by atoms with van der Waals surface area (Å²) in [6.45, 7) is 1.95. The van der Waals surface area contributed by atoms with E-state index in [9.17, 15) is 0 Å². The SMILES string of the molecule is Cc1cc(N)nn1-c1ccc(Cl)c(Br)c1. The van der Waals surface area contributed by atoms with Crippen LogP contribution >= 0.6 is 27.5 Å². The van der Waals surface area contributed by atoms with Crippen LogP contribution in [0.1, 0.15) is 5.69 Å². The fraction of sp³-hybridized carbons (Fsp3) is 0.100. The number of aromatic nitrogens is 2. The molecule has 0 radical (unpaired) electrons. The molecule has 2 aromatic rings. The monoisotopic (exact) mass is 285 g/mol. The van der Waals surface area contributed by atoms with Gasteiger partial charge < -0.3 is 5.73 Å². The van der Waals surface area contributed by atoms with Crippen LogP contribution in [0.4, 0.5) is 5.82 Å². The van der Waals surface area contributed by atoms with Crippen LogP contribution in [0, 0.1) is 6.92 Å². The van der Waals surface area contributed by atoms with Crippen LogP contribution in [-0.4, -0.2) is 9.78 Å². The van der Waals surface area contributed by atoms with Gasteiger partial charge in [0.1, 0.15) is 5.82 Å². The first kappa shape index (κ1) is 10.5. The van der Waals surface area contributed by atoms with Crippen molar-refractivity contribution >= 4 is 33.3 Å². The van der Waals surface area contributed by atoms with E-state index in [1.165, 1.54) is 0 Å². The van der Waals surface area contributed by atoms with E-state index in [-0.39, 0.29) is 0 Å². The molecule has 2 N–H and O–H groups in total. The summed E-state index contributed by atoms with van der Waals surface area (Å²) in [5.41, 5.74) is 7.53. The number of benzene rings is 1. The summed E-state index contributed by atoms with van der Waals surface area (Å²) in [4.78, 5) is 0. The molecule has 0 aliphatic carbocycles. The van der Waals surface area contributed by atoms with Crippen molar-refractivity contribution in [2.45, 2.75) is 6.92 Å². The summed E-state index contributed by atoms with van der Waals surface area (Å²) in [7, 11) is 0. The lowest BCUT2D eigenvalue weighted by atomic mass is 10.3. The van der Waals surface area contributed by atoms with Crippen molar-refractivity contribution in [3.63, 3.8) is 0 Å². The van der Waals surface area contributed by atoms with E-state index in [1.807, 2.05) is 31.2 Å². The van der Waals surface area contributed by atoms with Crippen LogP contribution in [0.15, 0.2) is 28.7 Å². The average Bonchev–Trinajstić information content (AvgIpc) is 2.50. The normalized spacial score (nSPS) is 10.6. The van der Waals surface area contributed by atoms with Gasteiger partial charge in [0.05, 0.1) is 10.7 Å². The highest BCUT2D eigenvalue weighted by molar-refractivity contribution is 9.10. The second-order valence-corrected chi connectivity index (χ2v) is 4.48. The number of rotatable bonds is 1. The summed E-state index contributed by atoms with van der Waals surface area (Å²) >= 11 is 9.28. The summed E-state index contributed by atoms with van der Waals surface area (Å²) in [6.07, 6.45) is 0. The number of anilines is 1. The van der Waals surface area contributed by atoms with Gasteiger partial charge in [0.15, 0.2) is 0 Å². The van der Waals surface area contributed by atoms with Gasteiger partial charge in [-0.1, -0.05) is 11.6 Å². The van der Waals surface area contributed by atoms with Gasteiger partial charge in [-0.2, -0.15) is 5.10 Å². The maximum absolute atomic E-state index is 5.91. The fourth-order valence-electron chi connectivity index (χ4n) is 1.38. The summed E-state index contributed by atoms with van der Waals surface area (Å²) in [6, 6.07) is 7.44. The molecule has 5 heteroatoms. The van der Waals surface area contributed by atoms with E-state index in [1.54, 1.807) is 4.68 Å². The highest BCUT2D eigenvalue weighted by Crippen LogP contribution is 2.25. The number of nitrogens with zero attached hydrogens (tertiary/aromatic N) is 2. The molecule has 0 bridgehead atoms. The van der Waals surface area contributed by atoms with Gasteiger partial charge in [-0.05, 0) is 41.1 Å². The van der Waals surface area contributed by atoms with Crippen molar-refractivity contribution in [2.24, 2.45) is 0 Å². The topological polar surface area (TPSA) is 43.8 Å². The van der Waals surface area contributed by atoms with Gasteiger partial charge in [-0.25, -0.2) is 4.68 Å². The van der Waals surface area contributed by atoms with Crippen molar-refractivity contribution in [2.75, 3.05) is 5.73 Å². The highest BCUT2D eigenvalue weighted by Gasteiger charge is 2.05. The maximum Gasteiger partial charge on any atom is 0.146 e. The Bertz CT molecular complexity index is 507. The number of nitrogens with two attached hydrogens (primary N) is 1. The number of nitrogen functional groups attached to an aromatic ring is 1. The molecule has 0 aliphatic rings. The van der Waals surface area contributed by atoms with Gasteiger partial charge in [0.2, 0.25) is 0 Å². The molecule has 3 nitrogen and oxygen atoms in total. The summed E-state index contributed by atoms with van der Waals surface area (Å²) in [5, 5.41) is 4.86. The second kappa shape index (κ2) is 3.87. The van der Waals surface area contributed by atoms with E-state index >= 15 is 0 Å². The van der Waals surface area contributed by atoms with E-state index < -0.39 is 0 Å². The molecule has 0 saturated heterocycles. The number of halogens is 2. The third kappa shape index (κ3) is 2.01. The molecule has 2 rings (SSSR count). The third-order valence-corrected chi connectivity index (χ3v) is 3.27.